The predicted octanol–water partition coefficient (Wildman–Crippen LogP) is 1.97. The molecule has 0 amide bonds. The molecule has 19 heavy (non-hydrogen) atoms. The predicted molar refractivity (Wildman–Crippen MR) is 76.7 cm³/mol. The van der Waals surface area contributed by atoms with Crippen LogP contribution in [0.5, 0.6) is 11.5 Å². The Balaban J connectivity index is 2.21. The molecule has 4 heteroatoms. The van der Waals surface area contributed by atoms with Crippen LogP contribution in [-0.2, 0) is 5.54 Å². The number of methoxy groups -OCH3 is 1. The van der Waals surface area contributed by atoms with Crippen molar-refractivity contribution in [2.24, 2.45) is 5.73 Å². The highest BCUT2D eigenvalue weighted by molar-refractivity contribution is 5.44. The first-order valence-electron chi connectivity index (χ1n) is 6.73. The maximum Gasteiger partial charge on any atom is 0.161 e. The van der Waals surface area contributed by atoms with Crippen molar-refractivity contribution < 1.29 is 9.47 Å². The number of benzene rings is 1. The van der Waals surface area contributed by atoms with Gasteiger partial charge in [-0.1, -0.05) is 6.07 Å². The van der Waals surface area contributed by atoms with E-state index in [9.17, 15) is 0 Å². The Morgan fingerprint density at radius 3 is 2.58 bits per heavy atom. The lowest BCUT2D eigenvalue weighted by molar-refractivity contribution is 0.199. The molecular formula is C15H24N2O2. The Morgan fingerprint density at radius 1 is 1.32 bits per heavy atom. The molecule has 2 rings (SSSR count). The smallest absolute Gasteiger partial charge is 0.161 e. The van der Waals surface area contributed by atoms with Gasteiger partial charge in [0.15, 0.2) is 11.5 Å². The topological polar surface area (TPSA) is 47.7 Å². The van der Waals surface area contributed by atoms with Crippen molar-refractivity contribution in [1.29, 1.82) is 0 Å². The van der Waals surface area contributed by atoms with Crippen molar-refractivity contribution in [3.63, 3.8) is 0 Å². The first-order chi connectivity index (χ1) is 8.90. The van der Waals surface area contributed by atoms with Crippen molar-refractivity contribution >= 4 is 0 Å². The lowest BCUT2D eigenvalue weighted by Gasteiger charge is -2.22. The molecular weight excluding hydrogens is 240 g/mol. The van der Waals surface area contributed by atoms with E-state index in [2.05, 4.69) is 11.9 Å². The van der Waals surface area contributed by atoms with Gasteiger partial charge in [0, 0.05) is 18.6 Å². The number of ether oxygens (including phenoxy) is 2. The first kappa shape index (κ1) is 14.2. The maximum atomic E-state index is 6.14. The Hall–Kier alpha value is -1.26. The third kappa shape index (κ3) is 3.39. The highest BCUT2D eigenvalue weighted by Crippen LogP contribution is 2.33. The lowest BCUT2D eigenvalue weighted by atomic mass is 9.95. The summed E-state index contributed by atoms with van der Waals surface area (Å²) in [6.45, 7) is 6.01. The van der Waals surface area contributed by atoms with Crippen LogP contribution in [0.1, 0.15) is 25.8 Å². The van der Waals surface area contributed by atoms with Crippen LogP contribution >= 0.6 is 0 Å². The SMILES string of the molecule is COc1ccc(C(C)(C)N)cc1OC1CCN(C)C1. The van der Waals surface area contributed by atoms with Gasteiger partial charge in [-0.15, -0.1) is 0 Å². The van der Waals surface area contributed by atoms with Crippen LogP contribution in [-0.4, -0.2) is 38.3 Å². The quantitative estimate of drug-likeness (QED) is 0.903. The van der Waals surface area contributed by atoms with Gasteiger partial charge in [-0.25, -0.2) is 0 Å². The summed E-state index contributed by atoms with van der Waals surface area (Å²) in [5.74, 6) is 1.56. The van der Waals surface area contributed by atoms with E-state index in [-0.39, 0.29) is 11.6 Å². The van der Waals surface area contributed by atoms with Crippen LogP contribution < -0.4 is 15.2 Å². The molecule has 106 valence electrons. The minimum absolute atomic E-state index is 0.232. The minimum Gasteiger partial charge on any atom is -0.493 e. The van der Waals surface area contributed by atoms with Gasteiger partial charge in [-0.2, -0.15) is 0 Å². The van der Waals surface area contributed by atoms with Crippen molar-refractivity contribution in [3.8, 4) is 11.5 Å². The third-order valence-corrected chi connectivity index (χ3v) is 3.55. The Labute approximate surface area is 115 Å². The van der Waals surface area contributed by atoms with Crippen LogP contribution in [0.15, 0.2) is 18.2 Å². The van der Waals surface area contributed by atoms with E-state index in [0.29, 0.717) is 0 Å². The summed E-state index contributed by atoms with van der Waals surface area (Å²) in [6, 6.07) is 5.92. The van der Waals surface area contributed by atoms with Gasteiger partial charge in [0.05, 0.1) is 7.11 Å². The average Bonchev–Trinajstić information content (AvgIpc) is 2.73. The third-order valence-electron chi connectivity index (χ3n) is 3.55. The van der Waals surface area contributed by atoms with Crippen LogP contribution in [0.4, 0.5) is 0 Å². The molecule has 0 bridgehead atoms. The lowest BCUT2D eigenvalue weighted by Crippen LogP contribution is -2.28. The number of nitrogens with two attached hydrogens (primary N) is 1. The van der Waals surface area contributed by atoms with E-state index >= 15 is 0 Å². The molecule has 1 heterocycles. The van der Waals surface area contributed by atoms with Gasteiger partial charge in [-0.3, -0.25) is 0 Å². The number of likely N-dealkylation sites (tertiary alicyclic amines) is 1. The van der Waals surface area contributed by atoms with Crippen LogP contribution in [0.2, 0.25) is 0 Å². The standard InChI is InChI=1S/C15H24N2O2/c1-15(2,16)11-5-6-13(18-4)14(9-11)19-12-7-8-17(3)10-12/h5-6,9,12H,7-8,10,16H2,1-4H3. The second-order valence-corrected chi connectivity index (χ2v) is 5.88. The molecule has 1 aromatic carbocycles. The average molecular weight is 264 g/mol. The van der Waals surface area contributed by atoms with E-state index in [4.69, 9.17) is 15.2 Å². The zero-order valence-electron chi connectivity index (χ0n) is 12.3. The van der Waals surface area contributed by atoms with Crippen molar-refractivity contribution in [1.82, 2.24) is 4.90 Å². The largest absolute Gasteiger partial charge is 0.493 e. The number of likely N-dealkylation sites (N-methyl/N-ethyl adjacent to an activating group) is 1. The Morgan fingerprint density at radius 2 is 2.05 bits per heavy atom. The zero-order chi connectivity index (χ0) is 14.0. The van der Waals surface area contributed by atoms with Crippen LogP contribution in [0, 0.1) is 0 Å². The van der Waals surface area contributed by atoms with E-state index in [1.54, 1.807) is 7.11 Å². The monoisotopic (exact) mass is 264 g/mol. The summed E-state index contributed by atoms with van der Waals surface area (Å²) in [7, 11) is 3.77. The Bertz CT molecular complexity index is 440. The van der Waals surface area contributed by atoms with Crippen molar-refractivity contribution in [3.05, 3.63) is 23.8 Å². The number of rotatable bonds is 4. The molecule has 1 aromatic rings. The molecule has 0 aliphatic carbocycles. The Kier molecular flexibility index (Phi) is 4.02. The van der Waals surface area contributed by atoms with Gasteiger partial charge in [0.25, 0.3) is 0 Å². The van der Waals surface area contributed by atoms with Crippen LogP contribution in [0.25, 0.3) is 0 Å². The van der Waals surface area contributed by atoms with E-state index in [1.807, 2.05) is 32.0 Å². The minimum atomic E-state index is -0.378. The number of nitrogens with zero attached hydrogens (tertiary/aromatic N) is 1. The fourth-order valence-corrected chi connectivity index (χ4v) is 2.34. The van der Waals surface area contributed by atoms with E-state index < -0.39 is 0 Å². The summed E-state index contributed by atoms with van der Waals surface area (Å²) in [5, 5.41) is 0. The molecule has 2 N–H and O–H groups in total. The van der Waals surface area contributed by atoms with Gasteiger partial charge in [0.2, 0.25) is 0 Å². The number of hydrogen-bond donors (Lipinski definition) is 1. The summed E-state index contributed by atoms with van der Waals surface area (Å²) >= 11 is 0. The van der Waals surface area contributed by atoms with E-state index in [1.165, 1.54) is 0 Å². The summed E-state index contributed by atoms with van der Waals surface area (Å²) in [4.78, 5) is 2.27. The molecule has 0 saturated carbocycles. The number of hydrogen-bond acceptors (Lipinski definition) is 4. The highest BCUT2D eigenvalue weighted by atomic mass is 16.5. The zero-order valence-corrected chi connectivity index (χ0v) is 12.3. The molecule has 1 fully saturated rings. The maximum absolute atomic E-state index is 6.14. The normalized spacial score (nSPS) is 20.6. The summed E-state index contributed by atoms with van der Waals surface area (Å²) < 4.78 is 11.5. The fraction of sp³-hybridized carbons (Fsp3) is 0.600. The fourth-order valence-electron chi connectivity index (χ4n) is 2.34. The van der Waals surface area contributed by atoms with Crippen molar-refractivity contribution in [2.75, 3.05) is 27.2 Å². The molecule has 0 radical (unpaired) electrons. The van der Waals surface area contributed by atoms with Gasteiger partial charge in [-0.05, 0) is 45.0 Å². The first-order valence-corrected chi connectivity index (χ1v) is 6.73. The molecule has 1 saturated heterocycles. The van der Waals surface area contributed by atoms with Crippen LogP contribution in [0.3, 0.4) is 0 Å². The molecule has 0 aromatic heterocycles. The molecule has 1 atom stereocenters. The molecule has 1 aliphatic rings. The van der Waals surface area contributed by atoms with Gasteiger partial charge < -0.3 is 20.1 Å². The molecule has 0 spiro atoms. The summed E-state index contributed by atoms with van der Waals surface area (Å²) in [6.07, 6.45) is 1.28. The van der Waals surface area contributed by atoms with Gasteiger partial charge in [0.1, 0.15) is 6.10 Å². The second-order valence-electron chi connectivity index (χ2n) is 5.88. The molecule has 4 nitrogen and oxygen atoms in total. The summed E-state index contributed by atoms with van der Waals surface area (Å²) in [5.41, 5.74) is 6.82. The van der Waals surface area contributed by atoms with E-state index in [0.717, 1.165) is 36.6 Å². The van der Waals surface area contributed by atoms with Crippen molar-refractivity contribution in [2.45, 2.75) is 31.9 Å². The van der Waals surface area contributed by atoms with Gasteiger partial charge >= 0.3 is 0 Å². The second kappa shape index (κ2) is 5.39. The molecule has 1 unspecified atom stereocenters. The molecule has 1 aliphatic heterocycles. The highest BCUT2D eigenvalue weighted by Gasteiger charge is 2.23.